The van der Waals surface area contributed by atoms with Gasteiger partial charge in [-0.15, -0.1) is 0 Å². The zero-order chi connectivity index (χ0) is 35.1. The Morgan fingerprint density at radius 2 is 1.10 bits per heavy atom. The van der Waals surface area contributed by atoms with Gasteiger partial charge in [-0.1, -0.05) is 188 Å². The van der Waals surface area contributed by atoms with Crippen LogP contribution >= 0.6 is 0 Å². The predicted molar refractivity (Wildman–Crippen MR) is 218 cm³/mol. The van der Waals surface area contributed by atoms with E-state index in [9.17, 15) is 0 Å². The first-order chi connectivity index (χ1) is 25.7. The zero-order valence-corrected chi connectivity index (χ0v) is 28.7. The molecule has 7 aromatic carbocycles. The molecule has 1 aliphatic rings. The molecule has 3 N–H and O–H groups in total. The summed E-state index contributed by atoms with van der Waals surface area (Å²) in [4.78, 5) is 10.5. The molecule has 0 aromatic heterocycles. The number of hydrogen-bond acceptors (Lipinski definition) is 4. The summed E-state index contributed by atoms with van der Waals surface area (Å²) in [6.07, 6.45) is 4.68. The molecule has 0 fully saturated rings. The minimum Gasteiger partial charge on any atom is -0.398 e. The van der Waals surface area contributed by atoms with E-state index in [4.69, 9.17) is 15.7 Å². The van der Waals surface area contributed by atoms with E-state index < -0.39 is 6.17 Å². The van der Waals surface area contributed by atoms with Crippen molar-refractivity contribution in [3.63, 3.8) is 0 Å². The average molecular weight is 671 g/mol. The molecule has 1 heterocycles. The first-order valence-corrected chi connectivity index (χ1v) is 17.6. The smallest absolute Gasteiger partial charge is 0.170 e. The normalized spacial score (nSPS) is 13.7. The maximum atomic E-state index is 6.83. The minimum atomic E-state index is -0.472. The molecule has 52 heavy (non-hydrogen) atoms. The van der Waals surface area contributed by atoms with Crippen LogP contribution in [0.2, 0.25) is 0 Å². The maximum absolute atomic E-state index is 6.83. The van der Waals surface area contributed by atoms with Crippen LogP contribution in [0.4, 0.5) is 0 Å². The van der Waals surface area contributed by atoms with Gasteiger partial charge in [-0.2, -0.15) is 0 Å². The molecule has 0 aliphatic carbocycles. The number of nitrogens with zero attached hydrogens (tertiary/aromatic N) is 2. The highest BCUT2D eigenvalue weighted by atomic mass is 15.2. The molecule has 0 unspecified atom stereocenters. The quantitative estimate of drug-likeness (QED) is 0.150. The fraction of sp³-hybridized carbons (Fsp3) is 0.0417. The summed E-state index contributed by atoms with van der Waals surface area (Å²) in [5, 5.41) is 5.80. The third-order valence-corrected chi connectivity index (χ3v) is 9.41. The molecule has 0 radical (unpaired) electrons. The van der Waals surface area contributed by atoms with Crippen molar-refractivity contribution in [2.45, 2.75) is 12.6 Å². The van der Waals surface area contributed by atoms with Crippen molar-refractivity contribution >= 4 is 33.7 Å². The molecule has 250 valence electrons. The molecule has 1 aliphatic heterocycles. The molecule has 8 rings (SSSR count). The molecule has 7 aromatic rings. The van der Waals surface area contributed by atoms with Gasteiger partial charge in [0, 0.05) is 22.4 Å². The van der Waals surface area contributed by atoms with Crippen molar-refractivity contribution in [3.8, 4) is 11.1 Å². The van der Waals surface area contributed by atoms with Gasteiger partial charge in [0.15, 0.2) is 6.17 Å². The molecular formula is C48H38N4. The molecule has 4 heteroatoms. The van der Waals surface area contributed by atoms with E-state index in [1.165, 1.54) is 5.56 Å². The van der Waals surface area contributed by atoms with Gasteiger partial charge in [0.05, 0.1) is 0 Å². The van der Waals surface area contributed by atoms with E-state index in [0.29, 0.717) is 5.70 Å². The lowest BCUT2D eigenvalue weighted by Crippen LogP contribution is -2.36. The second kappa shape index (κ2) is 15.0. The van der Waals surface area contributed by atoms with Crippen molar-refractivity contribution in [2.75, 3.05) is 0 Å². The predicted octanol–water partition coefficient (Wildman–Crippen LogP) is 10.6. The number of aliphatic imine (C=N–C) groups is 2. The number of nitrogens with two attached hydrogens (primary N) is 1. The fourth-order valence-corrected chi connectivity index (χ4v) is 6.72. The number of amidine groups is 2. The van der Waals surface area contributed by atoms with E-state index in [-0.39, 0.29) is 0 Å². The first kappa shape index (κ1) is 32.4. The van der Waals surface area contributed by atoms with Crippen LogP contribution in [0.5, 0.6) is 0 Å². The summed E-state index contributed by atoms with van der Waals surface area (Å²) >= 11 is 0. The summed E-state index contributed by atoms with van der Waals surface area (Å²) in [6.45, 7) is 0. The SMILES string of the molecule is N/C(=C\C(=C/Cc1ccccc1)c1ccccc1)c1ccc(-c2ccc3ccccc3c2C2N=C(c3ccccc3)NC(c3ccccc3)=N2)cc1. The van der Waals surface area contributed by atoms with E-state index >= 15 is 0 Å². The van der Waals surface area contributed by atoms with Crippen molar-refractivity contribution < 1.29 is 0 Å². The fourth-order valence-electron chi connectivity index (χ4n) is 6.72. The van der Waals surface area contributed by atoms with Crippen LogP contribution in [0.1, 0.15) is 39.5 Å². The molecular weight excluding hydrogens is 633 g/mol. The average Bonchev–Trinajstić information content (AvgIpc) is 3.23. The van der Waals surface area contributed by atoms with E-state index in [1.807, 2.05) is 48.5 Å². The zero-order valence-electron chi connectivity index (χ0n) is 28.7. The lowest BCUT2D eigenvalue weighted by molar-refractivity contribution is 0.764. The van der Waals surface area contributed by atoms with Crippen LogP contribution in [0, 0.1) is 0 Å². The van der Waals surface area contributed by atoms with Gasteiger partial charge in [-0.3, -0.25) is 0 Å². The second-order valence-electron chi connectivity index (χ2n) is 12.8. The van der Waals surface area contributed by atoms with Crippen molar-refractivity contribution in [1.29, 1.82) is 0 Å². The van der Waals surface area contributed by atoms with Crippen LogP contribution in [-0.2, 0) is 6.42 Å². The molecule has 0 saturated heterocycles. The van der Waals surface area contributed by atoms with Gasteiger partial charge in [-0.05, 0) is 56.7 Å². The Kier molecular flexibility index (Phi) is 9.35. The Morgan fingerprint density at radius 3 is 1.73 bits per heavy atom. The number of fused-ring (bicyclic) bond motifs is 1. The monoisotopic (exact) mass is 670 g/mol. The largest absolute Gasteiger partial charge is 0.398 e. The minimum absolute atomic E-state index is 0.472. The van der Waals surface area contributed by atoms with Gasteiger partial charge in [-0.25, -0.2) is 9.98 Å². The number of rotatable bonds is 9. The van der Waals surface area contributed by atoms with Gasteiger partial charge in [0.1, 0.15) is 11.7 Å². The van der Waals surface area contributed by atoms with Gasteiger partial charge >= 0.3 is 0 Å². The molecule has 0 atom stereocenters. The summed E-state index contributed by atoms with van der Waals surface area (Å²) in [6, 6.07) is 62.8. The molecule has 0 bridgehead atoms. The Bertz CT molecular complexity index is 2370. The highest BCUT2D eigenvalue weighted by Gasteiger charge is 2.25. The summed E-state index contributed by atoms with van der Waals surface area (Å²) in [5.74, 6) is 1.59. The van der Waals surface area contributed by atoms with Crippen molar-refractivity contribution in [3.05, 3.63) is 228 Å². The Hall–Kier alpha value is -6.78. The van der Waals surface area contributed by atoms with Crippen LogP contribution in [0.15, 0.2) is 204 Å². The lowest BCUT2D eigenvalue weighted by Gasteiger charge is -2.25. The molecule has 0 spiro atoms. The maximum Gasteiger partial charge on any atom is 0.170 e. The highest BCUT2D eigenvalue weighted by molar-refractivity contribution is 6.16. The van der Waals surface area contributed by atoms with Crippen LogP contribution in [0.25, 0.3) is 33.2 Å². The first-order valence-electron chi connectivity index (χ1n) is 17.6. The third kappa shape index (κ3) is 7.09. The molecule has 0 saturated carbocycles. The number of hydrogen-bond donors (Lipinski definition) is 2. The summed E-state index contributed by atoms with van der Waals surface area (Å²) < 4.78 is 0. The Labute approximate surface area is 305 Å². The van der Waals surface area contributed by atoms with E-state index in [0.717, 1.165) is 73.4 Å². The molecule has 4 nitrogen and oxygen atoms in total. The summed E-state index contributed by atoms with van der Waals surface area (Å²) in [7, 11) is 0. The van der Waals surface area contributed by atoms with E-state index in [1.54, 1.807) is 0 Å². The van der Waals surface area contributed by atoms with E-state index in [2.05, 4.69) is 151 Å². The van der Waals surface area contributed by atoms with Gasteiger partial charge in [0.2, 0.25) is 0 Å². The number of nitrogens with one attached hydrogen (secondary N) is 1. The van der Waals surface area contributed by atoms with Gasteiger partial charge < -0.3 is 11.1 Å². The number of benzene rings is 7. The van der Waals surface area contributed by atoms with Crippen LogP contribution < -0.4 is 11.1 Å². The van der Waals surface area contributed by atoms with Crippen molar-refractivity contribution in [1.82, 2.24) is 5.32 Å². The van der Waals surface area contributed by atoms with Crippen LogP contribution in [-0.4, -0.2) is 11.7 Å². The second-order valence-corrected chi connectivity index (χ2v) is 12.8. The standard InChI is InChI=1S/C48H38N4/c49-44(33-41(35-17-7-2-8-18-35)26-25-34-15-5-1-6-16-34)38-29-27-37(28-30-38)43-32-31-36-19-13-14-24-42(36)45(43)48-51-46(39-20-9-3-10-21-39)50-47(52-48)40-22-11-4-12-23-40/h1-24,26-33,48H,25,49H2,(H,50,51,52)/b41-26+,44-33-. The molecule has 0 amide bonds. The summed E-state index contributed by atoms with van der Waals surface area (Å²) in [5.41, 5.74) is 17.2. The third-order valence-electron chi connectivity index (χ3n) is 9.41. The number of allylic oxidation sites excluding steroid dienone is 3. The lowest BCUT2D eigenvalue weighted by atomic mass is 9.91. The Morgan fingerprint density at radius 1 is 0.538 bits per heavy atom. The van der Waals surface area contributed by atoms with Crippen molar-refractivity contribution in [2.24, 2.45) is 15.7 Å². The van der Waals surface area contributed by atoms with Crippen LogP contribution in [0.3, 0.4) is 0 Å². The Balaban J connectivity index is 1.19. The topological polar surface area (TPSA) is 62.8 Å². The van der Waals surface area contributed by atoms with Gasteiger partial charge in [0.25, 0.3) is 0 Å². The highest BCUT2D eigenvalue weighted by Crippen LogP contribution is 2.39.